The van der Waals surface area contributed by atoms with Crippen LogP contribution in [0.25, 0.3) is 10.8 Å². The quantitative estimate of drug-likeness (QED) is 0.885. The Morgan fingerprint density at radius 3 is 2.42 bits per heavy atom. The first-order valence-corrected chi connectivity index (χ1v) is 6.13. The summed E-state index contributed by atoms with van der Waals surface area (Å²) in [6.07, 6.45) is 0. The maximum absolute atomic E-state index is 11.9. The molecule has 2 rings (SSSR count). The predicted molar refractivity (Wildman–Crippen MR) is 75.9 cm³/mol. The molecule has 0 radical (unpaired) electrons. The van der Waals surface area contributed by atoms with Crippen molar-refractivity contribution in [2.75, 3.05) is 5.32 Å². The van der Waals surface area contributed by atoms with Crippen LogP contribution < -0.4 is 10.6 Å². The van der Waals surface area contributed by atoms with Crippen molar-refractivity contribution in [2.24, 2.45) is 0 Å². The van der Waals surface area contributed by atoms with E-state index in [-0.39, 0.29) is 11.8 Å². The van der Waals surface area contributed by atoms with Crippen LogP contribution in [-0.2, 0) is 9.59 Å². The molecule has 2 N–H and O–H groups in total. The molecule has 0 saturated carbocycles. The Morgan fingerprint density at radius 2 is 1.74 bits per heavy atom. The second kappa shape index (κ2) is 5.52. The molecule has 2 aromatic carbocycles. The minimum absolute atomic E-state index is 0.221. The molecule has 98 valence electrons. The Hall–Kier alpha value is -2.36. The van der Waals surface area contributed by atoms with Crippen LogP contribution in [-0.4, -0.2) is 17.9 Å². The summed E-state index contributed by atoms with van der Waals surface area (Å²) in [7, 11) is 0. The van der Waals surface area contributed by atoms with Crippen LogP contribution in [0.4, 0.5) is 5.69 Å². The van der Waals surface area contributed by atoms with Gasteiger partial charge in [0.15, 0.2) is 0 Å². The van der Waals surface area contributed by atoms with Gasteiger partial charge in [-0.1, -0.05) is 30.3 Å². The summed E-state index contributed by atoms with van der Waals surface area (Å²) >= 11 is 0. The van der Waals surface area contributed by atoms with Gasteiger partial charge in [-0.3, -0.25) is 9.59 Å². The van der Waals surface area contributed by atoms with E-state index in [0.717, 1.165) is 16.5 Å². The topological polar surface area (TPSA) is 58.2 Å². The van der Waals surface area contributed by atoms with Crippen molar-refractivity contribution in [2.45, 2.75) is 19.9 Å². The molecule has 0 spiro atoms. The zero-order valence-electron chi connectivity index (χ0n) is 10.9. The number of hydrogen-bond acceptors (Lipinski definition) is 2. The van der Waals surface area contributed by atoms with Gasteiger partial charge in [-0.25, -0.2) is 0 Å². The van der Waals surface area contributed by atoms with Crippen LogP contribution in [0.5, 0.6) is 0 Å². The van der Waals surface area contributed by atoms with E-state index in [1.54, 1.807) is 6.92 Å². The summed E-state index contributed by atoms with van der Waals surface area (Å²) in [6, 6.07) is 13.1. The zero-order chi connectivity index (χ0) is 13.8. The SMILES string of the molecule is CC(=O)N[C@@H](C)C(=O)Nc1ccc2ccccc2c1. The van der Waals surface area contributed by atoms with Gasteiger partial charge in [0.05, 0.1) is 0 Å². The number of benzene rings is 2. The van der Waals surface area contributed by atoms with E-state index in [2.05, 4.69) is 10.6 Å². The van der Waals surface area contributed by atoms with Gasteiger partial charge in [-0.2, -0.15) is 0 Å². The first-order chi connectivity index (χ1) is 9.06. The summed E-state index contributed by atoms with van der Waals surface area (Å²) in [6.45, 7) is 3.04. The van der Waals surface area contributed by atoms with Crippen LogP contribution in [0.15, 0.2) is 42.5 Å². The number of hydrogen-bond donors (Lipinski definition) is 2. The normalized spacial score (nSPS) is 11.9. The van der Waals surface area contributed by atoms with E-state index in [1.807, 2.05) is 42.5 Å². The number of rotatable bonds is 3. The van der Waals surface area contributed by atoms with Gasteiger partial charge in [0.25, 0.3) is 0 Å². The molecule has 0 bridgehead atoms. The molecule has 2 amide bonds. The third-order valence-corrected chi connectivity index (χ3v) is 2.83. The fourth-order valence-electron chi connectivity index (χ4n) is 1.89. The number of carbonyl (C=O) groups is 2. The molecular weight excluding hydrogens is 240 g/mol. The largest absolute Gasteiger partial charge is 0.345 e. The maximum Gasteiger partial charge on any atom is 0.246 e. The lowest BCUT2D eigenvalue weighted by atomic mass is 10.1. The molecule has 0 fully saturated rings. The lowest BCUT2D eigenvalue weighted by Crippen LogP contribution is -2.40. The smallest absolute Gasteiger partial charge is 0.246 e. The molecule has 0 aliphatic heterocycles. The summed E-state index contributed by atoms with van der Waals surface area (Å²) in [4.78, 5) is 22.8. The second-order valence-electron chi connectivity index (χ2n) is 4.47. The molecule has 4 nitrogen and oxygen atoms in total. The molecular formula is C15H16N2O2. The van der Waals surface area contributed by atoms with Gasteiger partial charge in [0.2, 0.25) is 11.8 Å². The second-order valence-corrected chi connectivity index (χ2v) is 4.47. The number of anilines is 1. The van der Waals surface area contributed by atoms with Crippen molar-refractivity contribution < 1.29 is 9.59 Å². The minimum Gasteiger partial charge on any atom is -0.345 e. The van der Waals surface area contributed by atoms with E-state index in [0.29, 0.717) is 0 Å². The zero-order valence-corrected chi connectivity index (χ0v) is 10.9. The molecule has 1 atom stereocenters. The molecule has 0 saturated heterocycles. The molecule has 19 heavy (non-hydrogen) atoms. The summed E-state index contributed by atoms with van der Waals surface area (Å²) < 4.78 is 0. The molecule has 0 heterocycles. The molecule has 0 aliphatic carbocycles. The fourth-order valence-corrected chi connectivity index (χ4v) is 1.89. The van der Waals surface area contributed by atoms with Crippen LogP contribution in [0.2, 0.25) is 0 Å². The average Bonchev–Trinajstić information content (AvgIpc) is 2.37. The fraction of sp³-hybridized carbons (Fsp3) is 0.200. The highest BCUT2D eigenvalue weighted by molar-refractivity contribution is 5.98. The third-order valence-electron chi connectivity index (χ3n) is 2.83. The highest BCUT2D eigenvalue weighted by Crippen LogP contribution is 2.18. The summed E-state index contributed by atoms with van der Waals surface area (Å²) in [5, 5.41) is 7.52. The van der Waals surface area contributed by atoms with Crippen LogP contribution >= 0.6 is 0 Å². The molecule has 4 heteroatoms. The number of fused-ring (bicyclic) bond motifs is 1. The first kappa shape index (κ1) is 13.1. The predicted octanol–water partition coefficient (Wildman–Crippen LogP) is 2.30. The van der Waals surface area contributed by atoms with E-state index >= 15 is 0 Å². The van der Waals surface area contributed by atoms with E-state index in [9.17, 15) is 9.59 Å². The van der Waals surface area contributed by atoms with Gasteiger partial charge in [-0.05, 0) is 29.8 Å². The first-order valence-electron chi connectivity index (χ1n) is 6.13. The Bertz CT molecular complexity index is 622. The molecule has 0 unspecified atom stereocenters. The van der Waals surface area contributed by atoms with Crippen molar-refractivity contribution in [3.8, 4) is 0 Å². The highest BCUT2D eigenvalue weighted by atomic mass is 16.2. The van der Waals surface area contributed by atoms with Gasteiger partial charge in [-0.15, -0.1) is 0 Å². The third kappa shape index (κ3) is 3.31. The van der Waals surface area contributed by atoms with Crippen LogP contribution in [0.1, 0.15) is 13.8 Å². The summed E-state index contributed by atoms with van der Waals surface area (Å²) in [5.74, 6) is -0.452. The van der Waals surface area contributed by atoms with E-state index in [4.69, 9.17) is 0 Å². The highest BCUT2D eigenvalue weighted by Gasteiger charge is 2.13. The van der Waals surface area contributed by atoms with Gasteiger partial charge in [0.1, 0.15) is 6.04 Å². The lowest BCUT2D eigenvalue weighted by molar-refractivity contribution is -0.124. The van der Waals surface area contributed by atoms with Gasteiger partial charge >= 0.3 is 0 Å². The Labute approximate surface area is 111 Å². The molecule has 0 aliphatic rings. The Kier molecular flexibility index (Phi) is 3.80. The summed E-state index contributed by atoms with van der Waals surface area (Å²) in [5.41, 5.74) is 0.723. The number of nitrogens with one attached hydrogen (secondary N) is 2. The number of amides is 2. The monoisotopic (exact) mass is 256 g/mol. The minimum atomic E-state index is -0.552. The standard InChI is InChI=1S/C15H16N2O2/c1-10(16-11(2)18)15(19)17-14-8-7-12-5-3-4-6-13(12)9-14/h3-10H,1-2H3,(H,16,18)(H,17,19)/t10-/m0/s1. The van der Waals surface area contributed by atoms with E-state index < -0.39 is 6.04 Å². The van der Waals surface area contributed by atoms with Crippen LogP contribution in [0.3, 0.4) is 0 Å². The Morgan fingerprint density at radius 1 is 1.05 bits per heavy atom. The maximum atomic E-state index is 11.9. The van der Waals surface area contributed by atoms with Crippen molar-refractivity contribution in [3.05, 3.63) is 42.5 Å². The van der Waals surface area contributed by atoms with Crippen molar-refractivity contribution in [3.63, 3.8) is 0 Å². The Balaban J connectivity index is 2.12. The van der Waals surface area contributed by atoms with Crippen molar-refractivity contribution in [1.82, 2.24) is 5.32 Å². The number of carbonyl (C=O) groups excluding carboxylic acids is 2. The van der Waals surface area contributed by atoms with E-state index in [1.165, 1.54) is 6.92 Å². The van der Waals surface area contributed by atoms with Crippen molar-refractivity contribution >= 4 is 28.3 Å². The van der Waals surface area contributed by atoms with Gasteiger partial charge in [0, 0.05) is 12.6 Å². The lowest BCUT2D eigenvalue weighted by Gasteiger charge is -2.13. The van der Waals surface area contributed by atoms with Crippen LogP contribution in [0, 0.1) is 0 Å². The average molecular weight is 256 g/mol. The molecule has 0 aromatic heterocycles. The molecule has 2 aromatic rings. The van der Waals surface area contributed by atoms with Crippen molar-refractivity contribution in [1.29, 1.82) is 0 Å². The van der Waals surface area contributed by atoms with Gasteiger partial charge < -0.3 is 10.6 Å².